The Morgan fingerprint density at radius 3 is 2.52 bits per heavy atom. The van der Waals surface area contributed by atoms with Crippen LogP contribution >= 0.6 is 11.6 Å². The van der Waals surface area contributed by atoms with E-state index in [2.05, 4.69) is 5.32 Å². The molecule has 0 saturated heterocycles. The van der Waals surface area contributed by atoms with Crippen molar-refractivity contribution in [2.24, 2.45) is 0 Å². The first-order valence-corrected chi connectivity index (χ1v) is 6.96. The fraction of sp³-hybridized carbons (Fsp3) is 0.250. The molecular weight excluding hydrogens is 296 g/mol. The van der Waals surface area contributed by atoms with E-state index < -0.39 is 17.7 Å². The Morgan fingerprint density at radius 1 is 1.19 bits per heavy atom. The van der Waals surface area contributed by atoms with Crippen LogP contribution in [-0.2, 0) is 0 Å². The summed E-state index contributed by atoms with van der Waals surface area (Å²) in [5.41, 5.74) is 1.16. The third kappa shape index (κ3) is 3.52. The predicted octanol–water partition coefficient (Wildman–Crippen LogP) is 4.33. The lowest BCUT2D eigenvalue weighted by Gasteiger charge is -2.20. The highest BCUT2D eigenvalue weighted by atomic mass is 35.5. The van der Waals surface area contributed by atoms with Gasteiger partial charge < -0.3 is 10.1 Å². The number of halogens is 3. The van der Waals surface area contributed by atoms with Gasteiger partial charge in [0.25, 0.3) is 0 Å². The van der Waals surface area contributed by atoms with Crippen molar-refractivity contribution in [1.82, 2.24) is 5.32 Å². The number of nitrogens with one attached hydrogen (secondary N) is 1. The van der Waals surface area contributed by atoms with Crippen molar-refractivity contribution in [2.75, 3.05) is 13.7 Å². The fourth-order valence-electron chi connectivity index (χ4n) is 2.21. The molecule has 2 aromatic rings. The molecule has 0 aliphatic carbocycles. The number of hydrogen-bond donors (Lipinski definition) is 1. The van der Waals surface area contributed by atoms with Gasteiger partial charge in [-0.3, -0.25) is 0 Å². The van der Waals surface area contributed by atoms with Crippen molar-refractivity contribution in [3.05, 3.63) is 64.2 Å². The summed E-state index contributed by atoms with van der Waals surface area (Å²) in [4.78, 5) is 0. The standard InChI is InChI=1S/C16H16ClF2NO/c1-3-20-16(12-6-5-11(18)9-14(12)19)10-4-7-15(21-2)13(17)8-10/h4-9,16,20H,3H2,1-2H3. The first-order chi connectivity index (χ1) is 10.1. The summed E-state index contributed by atoms with van der Waals surface area (Å²) in [6, 6.07) is 8.41. The lowest BCUT2D eigenvalue weighted by molar-refractivity contribution is 0.414. The molecule has 0 amide bonds. The van der Waals surface area contributed by atoms with Crippen molar-refractivity contribution in [3.63, 3.8) is 0 Å². The molecule has 2 rings (SSSR count). The van der Waals surface area contributed by atoms with Crippen LogP contribution in [0.1, 0.15) is 24.1 Å². The van der Waals surface area contributed by atoms with Crippen LogP contribution in [0.5, 0.6) is 5.75 Å². The molecule has 1 N–H and O–H groups in total. The monoisotopic (exact) mass is 311 g/mol. The minimum absolute atomic E-state index is 0.375. The van der Waals surface area contributed by atoms with Gasteiger partial charge >= 0.3 is 0 Å². The molecule has 1 unspecified atom stereocenters. The van der Waals surface area contributed by atoms with Gasteiger partial charge in [0.15, 0.2) is 0 Å². The van der Waals surface area contributed by atoms with E-state index in [-0.39, 0.29) is 0 Å². The highest BCUT2D eigenvalue weighted by Crippen LogP contribution is 2.31. The van der Waals surface area contributed by atoms with Crippen molar-refractivity contribution in [1.29, 1.82) is 0 Å². The molecule has 21 heavy (non-hydrogen) atoms. The molecule has 0 aliphatic heterocycles. The summed E-state index contributed by atoms with van der Waals surface area (Å²) in [7, 11) is 1.53. The van der Waals surface area contributed by atoms with Gasteiger partial charge in [-0.2, -0.15) is 0 Å². The second-order valence-electron chi connectivity index (χ2n) is 4.55. The minimum Gasteiger partial charge on any atom is -0.495 e. The van der Waals surface area contributed by atoms with Crippen LogP contribution in [-0.4, -0.2) is 13.7 Å². The molecule has 0 bridgehead atoms. The van der Waals surface area contributed by atoms with Crippen LogP contribution < -0.4 is 10.1 Å². The third-order valence-corrected chi connectivity index (χ3v) is 3.49. The van der Waals surface area contributed by atoms with E-state index >= 15 is 0 Å². The van der Waals surface area contributed by atoms with Gasteiger partial charge in [0.1, 0.15) is 17.4 Å². The summed E-state index contributed by atoms with van der Waals surface area (Å²) < 4.78 is 32.2. The number of benzene rings is 2. The number of hydrogen-bond acceptors (Lipinski definition) is 2. The van der Waals surface area contributed by atoms with E-state index in [1.165, 1.54) is 19.2 Å². The van der Waals surface area contributed by atoms with Gasteiger partial charge in [0.05, 0.1) is 18.2 Å². The summed E-state index contributed by atoms with van der Waals surface area (Å²) in [6.45, 7) is 2.55. The Kier molecular flexibility index (Phi) is 5.15. The zero-order valence-electron chi connectivity index (χ0n) is 11.8. The fourth-order valence-corrected chi connectivity index (χ4v) is 2.48. The van der Waals surface area contributed by atoms with E-state index in [1.807, 2.05) is 6.92 Å². The first kappa shape index (κ1) is 15.7. The van der Waals surface area contributed by atoms with E-state index in [1.54, 1.807) is 18.2 Å². The lowest BCUT2D eigenvalue weighted by atomic mass is 9.98. The normalized spacial score (nSPS) is 12.2. The van der Waals surface area contributed by atoms with Crippen molar-refractivity contribution < 1.29 is 13.5 Å². The highest BCUT2D eigenvalue weighted by Gasteiger charge is 2.18. The molecular formula is C16H16ClF2NO. The molecule has 5 heteroatoms. The van der Waals surface area contributed by atoms with E-state index in [0.717, 1.165) is 11.6 Å². The Labute approximate surface area is 127 Å². The topological polar surface area (TPSA) is 21.3 Å². The number of ether oxygens (including phenoxy) is 1. The quantitative estimate of drug-likeness (QED) is 0.887. The maximum Gasteiger partial charge on any atom is 0.137 e. The summed E-state index contributed by atoms with van der Waals surface area (Å²) in [5, 5.41) is 3.62. The SMILES string of the molecule is CCNC(c1ccc(OC)c(Cl)c1)c1ccc(F)cc1F. The molecule has 2 nitrogen and oxygen atoms in total. The maximum absolute atomic E-state index is 14.0. The second kappa shape index (κ2) is 6.87. The number of rotatable bonds is 5. The molecule has 112 valence electrons. The molecule has 0 fully saturated rings. The van der Waals surface area contributed by atoms with Crippen LogP contribution in [0.15, 0.2) is 36.4 Å². The van der Waals surface area contributed by atoms with E-state index in [9.17, 15) is 8.78 Å². The highest BCUT2D eigenvalue weighted by molar-refractivity contribution is 6.32. The van der Waals surface area contributed by atoms with E-state index in [4.69, 9.17) is 16.3 Å². The van der Waals surface area contributed by atoms with Crippen LogP contribution in [0.4, 0.5) is 8.78 Å². The average molecular weight is 312 g/mol. The predicted molar refractivity (Wildman–Crippen MR) is 79.9 cm³/mol. The molecule has 0 heterocycles. The Balaban J connectivity index is 2.45. The second-order valence-corrected chi connectivity index (χ2v) is 4.96. The smallest absolute Gasteiger partial charge is 0.137 e. The Bertz CT molecular complexity index is 634. The van der Waals surface area contributed by atoms with Crippen LogP contribution in [0.2, 0.25) is 5.02 Å². The zero-order chi connectivity index (χ0) is 15.4. The van der Waals surface area contributed by atoms with Gasteiger partial charge in [0, 0.05) is 11.6 Å². The van der Waals surface area contributed by atoms with E-state index in [0.29, 0.717) is 22.9 Å². The summed E-state index contributed by atoms with van der Waals surface area (Å²) in [6.07, 6.45) is 0. The van der Waals surface area contributed by atoms with Gasteiger partial charge in [-0.15, -0.1) is 0 Å². The molecule has 0 aliphatic rings. The number of methoxy groups -OCH3 is 1. The largest absolute Gasteiger partial charge is 0.495 e. The van der Waals surface area contributed by atoms with Crippen LogP contribution in [0, 0.1) is 11.6 Å². The lowest BCUT2D eigenvalue weighted by Crippen LogP contribution is -2.23. The van der Waals surface area contributed by atoms with Gasteiger partial charge in [-0.25, -0.2) is 8.78 Å². The third-order valence-electron chi connectivity index (χ3n) is 3.19. The Hall–Kier alpha value is -1.65. The molecule has 2 aromatic carbocycles. The maximum atomic E-state index is 14.0. The molecule has 0 saturated carbocycles. The van der Waals surface area contributed by atoms with Crippen molar-refractivity contribution in [2.45, 2.75) is 13.0 Å². The first-order valence-electron chi connectivity index (χ1n) is 6.58. The minimum atomic E-state index is -0.598. The average Bonchev–Trinajstić information content (AvgIpc) is 2.45. The van der Waals surface area contributed by atoms with Crippen molar-refractivity contribution >= 4 is 11.6 Å². The van der Waals surface area contributed by atoms with Gasteiger partial charge in [0.2, 0.25) is 0 Å². The molecule has 0 spiro atoms. The summed E-state index contributed by atoms with van der Waals surface area (Å²) in [5.74, 6) is -0.637. The van der Waals surface area contributed by atoms with Gasteiger partial charge in [-0.1, -0.05) is 30.7 Å². The van der Waals surface area contributed by atoms with Crippen LogP contribution in [0.25, 0.3) is 0 Å². The zero-order valence-corrected chi connectivity index (χ0v) is 12.5. The van der Waals surface area contributed by atoms with Crippen molar-refractivity contribution in [3.8, 4) is 5.75 Å². The molecule has 1 atom stereocenters. The van der Waals surface area contributed by atoms with Crippen LogP contribution in [0.3, 0.4) is 0 Å². The molecule has 0 aromatic heterocycles. The summed E-state index contributed by atoms with van der Waals surface area (Å²) >= 11 is 6.12. The Morgan fingerprint density at radius 2 is 1.95 bits per heavy atom. The van der Waals surface area contributed by atoms with Gasteiger partial charge in [-0.05, 0) is 30.3 Å². The molecule has 0 radical (unpaired) electrons.